The van der Waals surface area contributed by atoms with Gasteiger partial charge in [-0.2, -0.15) is 0 Å². The molecule has 0 aliphatic rings. The minimum Gasteiger partial charge on any atom is -0.329 e. The minimum atomic E-state index is 0.198. The molecule has 0 saturated heterocycles. The van der Waals surface area contributed by atoms with Crippen molar-refractivity contribution in [1.82, 2.24) is 4.90 Å². The normalized spacial score (nSPS) is 18.2. The summed E-state index contributed by atoms with van der Waals surface area (Å²) >= 11 is 0. The fourth-order valence-corrected chi connectivity index (χ4v) is 2.25. The van der Waals surface area contributed by atoms with Crippen molar-refractivity contribution >= 4 is 0 Å². The zero-order chi connectivity index (χ0) is 12.1. The van der Waals surface area contributed by atoms with Crippen molar-refractivity contribution in [2.24, 2.45) is 11.7 Å². The highest BCUT2D eigenvalue weighted by Gasteiger charge is 2.33. The molecule has 2 nitrogen and oxygen atoms in total. The summed E-state index contributed by atoms with van der Waals surface area (Å²) in [6.07, 6.45) is 3.60. The molecule has 0 aromatic heterocycles. The van der Waals surface area contributed by atoms with Crippen LogP contribution in [0.2, 0.25) is 0 Å². The summed E-state index contributed by atoms with van der Waals surface area (Å²) in [6.45, 7) is 12.1. The van der Waals surface area contributed by atoms with Gasteiger partial charge in [0, 0.05) is 18.1 Å². The Labute approximate surface area is 96.2 Å². The molecule has 2 N–H and O–H groups in total. The van der Waals surface area contributed by atoms with Gasteiger partial charge in [0.2, 0.25) is 0 Å². The molecule has 15 heavy (non-hydrogen) atoms. The fraction of sp³-hybridized carbons (Fsp3) is 1.00. The smallest absolute Gasteiger partial charge is 0.0331 e. The topological polar surface area (TPSA) is 29.3 Å². The van der Waals surface area contributed by atoms with E-state index in [2.05, 4.69) is 46.6 Å². The van der Waals surface area contributed by atoms with Gasteiger partial charge in [0.05, 0.1) is 0 Å². The van der Waals surface area contributed by atoms with E-state index in [1.165, 1.54) is 12.8 Å². The molecule has 2 atom stereocenters. The quantitative estimate of drug-likeness (QED) is 0.706. The average molecular weight is 214 g/mol. The lowest BCUT2D eigenvalue weighted by Crippen LogP contribution is -2.55. The number of hydrogen-bond acceptors (Lipinski definition) is 2. The second-order valence-corrected chi connectivity index (χ2v) is 5.20. The Bertz CT molecular complexity index is 162. The predicted molar refractivity (Wildman–Crippen MR) is 69.0 cm³/mol. The Hall–Kier alpha value is -0.0800. The van der Waals surface area contributed by atoms with E-state index in [-0.39, 0.29) is 5.54 Å². The molecule has 0 aromatic carbocycles. The third-order valence-electron chi connectivity index (χ3n) is 3.99. The molecular formula is C13H30N2. The minimum absolute atomic E-state index is 0.198. The zero-order valence-electron chi connectivity index (χ0n) is 11.5. The largest absolute Gasteiger partial charge is 0.329 e. The summed E-state index contributed by atoms with van der Waals surface area (Å²) < 4.78 is 0. The summed E-state index contributed by atoms with van der Waals surface area (Å²) in [4.78, 5) is 2.46. The monoisotopic (exact) mass is 214 g/mol. The molecule has 0 aromatic rings. The van der Waals surface area contributed by atoms with Crippen LogP contribution >= 0.6 is 0 Å². The summed E-state index contributed by atoms with van der Waals surface area (Å²) in [6, 6.07) is 0.567. The van der Waals surface area contributed by atoms with Crippen LogP contribution in [0.25, 0.3) is 0 Å². The van der Waals surface area contributed by atoms with Crippen molar-refractivity contribution in [3.8, 4) is 0 Å². The second-order valence-electron chi connectivity index (χ2n) is 5.20. The summed E-state index contributed by atoms with van der Waals surface area (Å²) in [5.41, 5.74) is 6.22. The first-order chi connectivity index (χ1) is 6.93. The van der Waals surface area contributed by atoms with Crippen molar-refractivity contribution in [2.45, 2.75) is 65.5 Å². The van der Waals surface area contributed by atoms with Gasteiger partial charge in [-0.25, -0.2) is 0 Å². The van der Waals surface area contributed by atoms with Gasteiger partial charge >= 0.3 is 0 Å². The summed E-state index contributed by atoms with van der Waals surface area (Å²) in [7, 11) is 2.21. The summed E-state index contributed by atoms with van der Waals surface area (Å²) in [5.74, 6) is 0.759. The first-order valence-electron chi connectivity index (χ1n) is 6.36. The average Bonchev–Trinajstić information content (AvgIpc) is 2.24. The van der Waals surface area contributed by atoms with Crippen molar-refractivity contribution in [2.75, 3.05) is 13.6 Å². The number of hydrogen-bond donors (Lipinski definition) is 1. The van der Waals surface area contributed by atoms with Crippen molar-refractivity contribution < 1.29 is 0 Å². The zero-order valence-corrected chi connectivity index (χ0v) is 11.5. The molecule has 0 radical (unpaired) electrons. The molecule has 0 bridgehead atoms. The van der Waals surface area contributed by atoms with E-state index in [0.717, 1.165) is 18.9 Å². The number of likely N-dealkylation sites (N-methyl/N-ethyl adjacent to an activating group) is 1. The lowest BCUT2D eigenvalue weighted by Gasteiger charge is -2.44. The number of rotatable bonds is 7. The molecule has 2 heteroatoms. The van der Waals surface area contributed by atoms with Crippen LogP contribution in [0.4, 0.5) is 0 Å². The first-order valence-corrected chi connectivity index (χ1v) is 6.36. The maximum absolute atomic E-state index is 6.02. The standard InChI is InChI=1S/C13H30N2/c1-7-12(5)9-13(8-2,10-14)15(6)11(3)4/h11-12H,7-10,14H2,1-6H3. The fourth-order valence-electron chi connectivity index (χ4n) is 2.25. The molecule has 0 amide bonds. The Morgan fingerprint density at radius 2 is 1.73 bits per heavy atom. The van der Waals surface area contributed by atoms with Crippen LogP contribution in [0.1, 0.15) is 53.9 Å². The van der Waals surface area contributed by atoms with Crippen LogP contribution in [0.15, 0.2) is 0 Å². The number of nitrogens with two attached hydrogens (primary N) is 1. The van der Waals surface area contributed by atoms with Crippen molar-refractivity contribution in [3.63, 3.8) is 0 Å². The maximum atomic E-state index is 6.02. The lowest BCUT2D eigenvalue weighted by atomic mass is 9.82. The van der Waals surface area contributed by atoms with E-state index < -0.39 is 0 Å². The third-order valence-corrected chi connectivity index (χ3v) is 3.99. The van der Waals surface area contributed by atoms with Gasteiger partial charge in [0.1, 0.15) is 0 Å². The van der Waals surface area contributed by atoms with Crippen LogP contribution in [-0.4, -0.2) is 30.1 Å². The van der Waals surface area contributed by atoms with E-state index in [9.17, 15) is 0 Å². The van der Waals surface area contributed by atoms with E-state index in [0.29, 0.717) is 6.04 Å². The highest BCUT2D eigenvalue weighted by molar-refractivity contribution is 4.91. The van der Waals surface area contributed by atoms with Gasteiger partial charge in [0.15, 0.2) is 0 Å². The van der Waals surface area contributed by atoms with Crippen molar-refractivity contribution in [1.29, 1.82) is 0 Å². The van der Waals surface area contributed by atoms with Gasteiger partial charge in [-0.05, 0) is 39.7 Å². The Morgan fingerprint density at radius 3 is 2.00 bits per heavy atom. The Kier molecular flexibility index (Phi) is 6.46. The molecule has 0 rings (SSSR count). The summed E-state index contributed by atoms with van der Waals surface area (Å²) in [5, 5.41) is 0. The molecule has 0 fully saturated rings. The molecule has 0 aliphatic carbocycles. The van der Waals surface area contributed by atoms with E-state index in [4.69, 9.17) is 5.73 Å². The first kappa shape index (κ1) is 14.9. The van der Waals surface area contributed by atoms with Gasteiger partial charge in [-0.3, -0.25) is 4.90 Å². The predicted octanol–water partition coefficient (Wildman–Crippen LogP) is 2.87. The molecule has 0 heterocycles. The Morgan fingerprint density at radius 1 is 1.20 bits per heavy atom. The van der Waals surface area contributed by atoms with Crippen LogP contribution in [-0.2, 0) is 0 Å². The second kappa shape index (κ2) is 6.49. The van der Waals surface area contributed by atoms with Gasteiger partial charge in [0.25, 0.3) is 0 Å². The molecule has 0 aliphatic heterocycles. The molecular weight excluding hydrogens is 184 g/mol. The third kappa shape index (κ3) is 3.76. The highest BCUT2D eigenvalue weighted by Crippen LogP contribution is 2.28. The van der Waals surface area contributed by atoms with Crippen molar-refractivity contribution in [3.05, 3.63) is 0 Å². The van der Waals surface area contributed by atoms with Crippen LogP contribution in [0.5, 0.6) is 0 Å². The van der Waals surface area contributed by atoms with E-state index in [1.807, 2.05) is 0 Å². The molecule has 0 spiro atoms. The maximum Gasteiger partial charge on any atom is 0.0331 e. The van der Waals surface area contributed by atoms with Crippen LogP contribution in [0, 0.1) is 5.92 Å². The van der Waals surface area contributed by atoms with Gasteiger partial charge in [-0.15, -0.1) is 0 Å². The molecule has 0 saturated carbocycles. The van der Waals surface area contributed by atoms with Crippen LogP contribution in [0.3, 0.4) is 0 Å². The van der Waals surface area contributed by atoms with Gasteiger partial charge in [-0.1, -0.05) is 27.2 Å². The molecule has 92 valence electrons. The van der Waals surface area contributed by atoms with E-state index >= 15 is 0 Å². The number of nitrogens with zero attached hydrogens (tertiary/aromatic N) is 1. The lowest BCUT2D eigenvalue weighted by molar-refractivity contribution is 0.0646. The SMILES string of the molecule is CCC(C)CC(CC)(CN)N(C)C(C)C. The highest BCUT2D eigenvalue weighted by atomic mass is 15.2. The molecule has 2 unspecified atom stereocenters. The van der Waals surface area contributed by atoms with Crippen LogP contribution < -0.4 is 5.73 Å². The van der Waals surface area contributed by atoms with E-state index in [1.54, 1.807) is 0 Å². The Balaban J connectivity index is 4.70. The van der Waals surface area contributed by atoms with Gasteiger partial charge < -0.3 is 5.73 Å².